The maximum absolute atomic E-state index is 10.8. The van der Waals surface area contributed by atoms with E-state index in [4.69, 9.17) is 14.4 Å². The van der Waals surface area contributed by atoms with Crippen molar-refractivity contribution in [3.63, 3.8) is 0 Å². The summed E-state index contributed by atoms with van der Waals surface area (Å²) in [6.07, 6.45) is 1.66. The van der Waals surface area contributed by atoms with E-state index in [1.165, 1.54) is 11.9 Å². The van der Waals surface area contributed by atoms with Crippen molar-refractivity contribution >= 4 is 17.9 Å². The molecule has 178 valence electrons. The topological polar surface area (TPSA) is 121 Å². The Labute approximate surface area is 203 Å². The summed E-state index contributed by atoms with van der Waals surface area (Å²) in [7, 11) is 0. The zero-order valence-corrected chi connectivity index (χ0v) is 20.5. The number of nitriles is 1. The highest BCUT2D eigenvalue weighted by Gasteiger charge is 2.26. The smallest absolute Gasteiger partial charge is 0.314 e. The van der Waals surface area contributed by atoms with Gasteiger partial charge in [0.15, 0.2) is 0 Å². The van der Waals surface area contributed by atoms with Gasteiger partial charge in [-0.1, -0.05) is 49.2 Å². The van der Waals surface area contributed by atoms with Crippen LogP contribution in [0.5, 0.6) is 5.75 Å². The van der Waals surface area contributed by atoms with E-state index in [-0.39, 0.29) is 17.9 Å². The number of ether oxygens (including phenoxy) is 1. The molecule has 1 atom stereocenters. The van der Waals surface area contributed by atoms with Crippen molar-refractivity contribution in [1.82, 2.24) is 14.9 Å². The van der Waals surface area contributed by atoms with Crippen LogP contribution in [-0.2, 0) is 11.2 Å². The molecule has 0 spiro atoms. The number of carbonyl (C=O) groups is 1. The summed E-state index contributed by atoms with van der Waals surface area (Å²) in [5.74, 6) is 0.487. The third kappa shape index (κ3) is 5.76. The second-order valence-corrected chi connectivity index (χ2v) is 8.49. The molecule has 8 nitrogen and oxygen atoms in total. The first-order valence-corrected chi connectivity index (χ1v) is 12.2. The van der Waals surface area contributed by atoms with E-state index >= 15 is 0 Å². The fourth-order valence-corrected chi connectivity index (χ4v) is 4.40. The average Bonchev–Trinajstić information content (AvgIpc) is 3.48. The monoisotopic (exact) mass is 480 g/mol. The summed E-state index contributed by atoms with van der Waals surface area (Å²) in [5.41, 5.74) is 4.20. The molecule has 0 amide bonds. The van der Waals surface area contributed by atoms with Gasteiger partial charge in [-0.2, -0.15) is 10.2 Å². The van der Waals surface area contributed by atoms with E-state index in [1.807, 2.05) is 45.9 Å². The molecule has 1 aliphatic rings. The van der Waals surface area contributed by atoms with Crippen LogP contribution in [0.1, 0.15) is 56.8 Å². The van der Waals surface area contributed by atoms with E-state index in [0.29, 0.717) is 28.6 Å². The Balaban J connectivity index is 0.00000158. The van der Waals surface area contributed by atoms with Crippen molar-refractivity contribution in [2.24, 2.45) is 0 Å². The number of fused-ring (bicyclic) bond motifs is 1. The van der Waals surface area contributed by atoms with Gasteiger partial charge in [0.25, 0.3) is 5.89 Å². The quantitative estimate of drug-likeness (QED) is 0.408. The van der Waals surface area contributed by atoms with Gasteiger partial charge in [-0.3, -0.25) is 9.52 Å². The molecule has 2 aromatic carbocycles. The summed E-state index contributed by atoms with van der Waals surface area (Å²) < 4.78 is 14.4. The van der Waals surface area contributed by atoms with Crippen molar-refractivity contribution in [3.8, 4) is 34.7 Å². The zero-order valence-electron chi connectivity index (χ0n) is 19.7. The normalized spacial score (nSPS) is 14.2. The SMILES string of the molecule is CC.CC(C)Oc1ccc(-c2nc(-c3cccc4c3CCC4NSCC(=O)O)no2)cc1C#N. The molecule has 0 fully saturated rings. The van der Waals surface area contributed by atoms with Gasteiger partial charge in [0.05, 0.1) is 11.7 Å². The van der Waals surface area contributed by atoms with E-state index < -0.39 is 5.97 Å². The minimum Gasteiger partial charge on any atom is -0.490 e. The molecule has 4 rings (SSSR count). The standard InChI is InChI=1S/C23H22N4O4S.C2H6/c1-13(2)30-20-9-6-14(10-15(20)11-24)23-25-22(26-31-23)18-5-3-4-17-16(18)7-8-19(17)27-32-12-21(28)29;1-2/h3-6,9-10,13,19,27H,7-8,12H2,1-2H3,(H,28,29);1-2H3. The molecule has 1 unspecified atom stereocenters. The number of carboxylic acid groups (broad SMARTS) is 1. The van der Waals surface area contributed by atoms with Gasteiger partial charge >= 0.3 is 5.97 Å². The molecular weight excluding hydrogens is 452 g/mol. The Morgan fingerprint density at radius 3 is 2.85 bits per heavy atom. The third-order valence-electron chi connectivity index (χ3n) is 5.07. The molecule has 0 bridgehead atoms. The molecule has 3 aromatic rings. The van der Waals surface area contributed by atoms with Crippen LogP contribution < -0.4 is 9.46 Å². The molecule has 2 N–H and O–H groups in total. The van der Waals surface area contributed by atoms with Crippen LogP contribution >= 0.6 is 11.9 Å². The molecule has 1 heterocycles. The molecule has 0 aliphatic heterocycles. The molecule has 9 heteroatoms. The fourth-order valence-electron chi connectivity index (χ4n) is 3.75. The van der Waals surface area contributed by atoms with Crippen LogP contribution in [0, 0.1) is 11.3 Å². The number of nitrogens with zero attached hydrogens (tertiary/aromatic N) is 3. The Morgan fingerprint density at radius 2 is 2.15 bits per heavy atom. The second-order valence-electron chi connectivity index (χ2n) is 7.68. The third-order valence-corrected chi connectivity index (χ3v) is 5.91. The predicted octanol–water partition coefficient (Wildman–Crippen LogP) is 5.40. The number of benzene rings is 2. The van der Waals surface area contributed by atoms with E-state index in [2.05, 4.69) is 20.9 Å². The Hall–Kier alpha value is -3.35. The highest BCUT2D eigenvalue weighted by atomic mass is 32.2. The molecule has 34 heavy (non-hydrogen) atoms. The number of hydrogen-bond acceptors (Lipinski definition) is 8. The van der Waals surface area contributed by atoms with Crippen LogP contribution in [0.3, 0.4) is 0 Å². The minimum absolute atomic E-state index is 0.00537. The first-order valence-electron chi connectivity index (χ1n) is 11.2. The largest absolute Gasteiger partial charge is 0.490 e. The molecule has 1 aliphatic carbocycles. The Kier molecular flexibility index (Phi) is 8.68. The number of hydrogen-bond donors (Lipinski definition) is 2. The van der Waals surface area contributed by atoms with Crippen LogP contribution in [-0.4, -0.2) is 33.1 Å². The molecule has 0 radical (unpaired) electrons. The Bertz CT molecular complexity index is 1190. The van der Waals surface area contributed by atoms with Crippen molar-refractivity contribution in [1.29, 1.82) is 5.26 Å². The predicted molar refractivity (Wildman–Crippen MR) is 131 cm³/mol. The van der Waals surface area contributed by atoms with Crippen LogP contribution in [0.2, 0.25) is 0 Å². The first kappa shape index (κ1) is 25.3. The Morgan fingerprint density at radius 1 is 1.35 bits per heavy atom. The maximum Gasteiger partial charge on any atom is 0.314 e. The highest BCUT2D eigenvalue weighted by molar-refractivity contribution is 7.98. The zero-order chi connectivity index (χ0) is 24.7. The van der Waals surface area contributed by atoms with Crippen molar-refractivity contribution < 1.29 is 19.2 Å². The van der Waals surface area contributed by atoms with E-state index in [9.17, 15) is 10.1 Å². The second kappa shape index (κ2) is 11.7. The van der Waals surface area contributed by atoms with Crippen LogP contribution in [0.25, 0.3) is 22.8 Å². The lowest BCUT2D eigenvalue weighted by Crippen LogP contribution is -2.14. The average molecular weight is 481 g/mol. The van der Waals surface area contributed by atoms with Crippen LogP contribution in [0.4, 0.5) is 0 Å². The maximum atomic E-state index is 10.8. The van der Waals surface area contributed by atoms with Gasteiger partial charge in [-0.25, -0.2) is 0 Å². The molecule has 0 saturated carbocycles. The lowest BCUT2D eigenvalue weighted by atomic mass is 10.0. The molecule has 1 aromatic heterocycles. The number of rotatable bonds is 8. The minimum atomic E-state index is -0.850. The number of aliphatic carboxylic acids is 1. The van der Waals surface area contributed by atoms with Gasteiger partial charge in [-0.15, -0.1) is 0 Å². The van der Waals surface area contributed by atoms with Crippen LogP contribution in [0.15, 0.2) is 40.9 Å². The summed E-state index contributed by atoms with van der Waals surface area (Å²) in [5, 5.41) is 22.5. The van der Waals surface area contributed by atoms with Crippen molar-refractivity contribution in [2.45, 2.75) is 52.7 Å². The first-order chi connectivity index (χ1) is 16.5. The lowest BCUT2D eigenvalue weighted by molar-refractivity contribution is -0.133. The van der Waals surface area contributed by atoms with Gasteiger partial charge in [0.2, 0.25) is 5.82 Å². The fraction of sp³-hybridized carbons (Fsp3) is 0.360. The van der Waals surface area contributed by atoms with E-state index in [0.717, 1.165) is 29.5 Å². The summed E-state index contributed by atoms with van der Waals surface area (Å²) in [6.45, 7) is 7.81. The highest BCUT2D eigenvalue weighted by Crippen LogP contribution is 2.38. The summed E-state index contributed by atoms with van der Waals surface area (Å²) in [6, 6.07) is 13.4. The van der Waals surface area contributed by atoms with Gasteiger partial charge in [-0.05, 0) is 56.0 Å². The molecular formula is C25H28N4O4S. The van der Waals surface area contributed by atoms with E-state index in [1.54, 1.807) is 18.2 Å². The molecule has 0 saturated heterocycles. The summed E-state index contributed by atoms with van der Waals surface area (Å²) >= 11 is 1.20. The number of aromatic nitrogens is 2. The lowest BCUT2D eigenvalue weighted by Gasteiger charge is -2.13. The van der Waals surface area contributed by atoms with Crippen molar-refractivity contribution in [2.75, 3.05) is 5.75 Å². The van der Waals surface area contributed by atoms with Gasteiger partial charge in [0.1, 0.15) is 17.6 Å². The van der Waals surface area contributed by atoms with Gasteiger partial charge < -0.3 is 14.4 Å². The van der Waals surface area contributed by atoms with Crippen molar-refractivity contribution in [3.05, 3.63) is 53.1 Å². The number of nitrogens with one attached hydrogen (secondary N) is 1. The number of carboxylic acids is 1. The summed E-state index contributed by atoms with van der Waals surface area (Å²) in [4.78, 5) is 15.3. The van der Waals surface area contributed by atoms with Gasteiger partial charge in [0, 0.05) is 17.2 Å².